The molecule has 1 atom stereocenters. The lowest BCUT2D eigenvalue weighted by molar-refractivity contribution is -0.384. The predicted octanol–water partition coefficient (Wildman–Crippen LogP) is 2.42. The number of hydrogen-bond donors (Lipinski definition) is 2. The lowest BCUT2D eigenvalue weighted by atomic mass is 10.1. The van der Waals surface area contributed by atoms with Crippen LogP contribution in [0.15, 0.2) is 6.20 Å². The molecule has 0 spiro atoms. The van der Waals surface area contributed by atoms with Crippen molar-refractivity contribution in [3.05, 3.63) is 16.3 Å². The van der Waals surface area contributed by atoms with Crippen molar-refractivity contribution < 1.29 is 4.92 Å². The van der Waals surface area contributed by atoms with E-state index in [1.54, 1.807) is 7.05 Å². The first-order chi connectivity index (χ1) is 8.58. The highest BCUT2D eigenvalue weighted by Gasteiger charge is 2.18. The zero-order valence-electron chi connectivity index (χ0n) is 10.9. The van der Waals surface area contributed by atoms with E-state index in [9.17, 15) is 10.1 Å². The maximum absolute atomic E-state index is 10.9. The van der Waals surface area contributed by atoms with Gasteiger partial charge in [-0.1, -0.05) is 19.8 Å². The van der Waals surface area contributed by atoms with E-state index in [0.29, 0.717) is 5.95 Å². The smallest absolute Gasteiger partial charge is 0.329 e. The minimum absolute atomic E-state index is 0.0997. The average Bonchev–Trinajstić information content (AvgIpc) is 2.35. The number of nitrogens with zero attached hydrogens (tertiary/aromatic N) is 3. The molecule has 0 aromatic carbocycles. The maximum Gasteiger partial charge on any atom is 0.329 e. The Kier molecular flexibility index (Phi) is 5.29. The van der Waals surface area contributed by atoms with Gasteiger partial charge in [-0.3, -0.25) is 10.1 Å². The topological polar surface area (TPSA) is 93.0 Å². The van der Waals surface area contributed by atoms with Crippen molar-refractivity contribution in [2.24, 2.45) is 0 Å². The third-order valence-electron chi connectivity index (χ3n) is 2.56. The average molecular weight is 253 g/mol. The van der Waals surface area contributed by atoms with Crippen molar-refractivity contribution in [2.75, 3.05) is 17.7 Å². The van der Waals surface area contributed by atoms with Gasteiger partial charge in [0.25, 0.3) is 0 Å². The monoisotopic (exact) mass is 253 g/mol. The van der Waals surface area contributed by atoms with Gasteiger partial charge in [-0.25, -0.2) is 4.98 Å². The molecule has 0 amide bonds. The Labute approximate surface area is 106 Å². The van der Waals surface area contributed by atoms with Crippen LogP contribution in [0, 0.1) is 10.1 Å². The molecule has 18 heavy (non-hydrogen) atoms. The second kappa shape index (κ2) is 6.73. The van der Waals surface area contributed by atoms with Crippen LogP contribution in [0.5, 0.6) is 0 Å². The maximum atomic E-state index is 10.9. The standard InChI is InChI=1S/C11H19N5O2/c1-4-5-6-8(2)14-10-9(16(17)18)7-13-11(12-3)15-10/h7-8H,4-6H2,1-3H3,(H2,12,13,14,15). The fourth-order valence-electron chi connectivity index (χ4n) is 1.55. The van der Waals surface area contributed by atoms with E-state index < -0.39 is 4.92 Å². The predicted molar refractivity (Wildman–Crippen MR) is 70.8 cm³/mol. The van der Waals surface area contributed by atoms with Gasteiger partial charge in [0.2, 0.25) is 11.8 Å². The molecule has 0 aliphatic carbocycles. The van der Waals surface area contributed by atoms with Crippen molar-refractivity contribution in [2.45, 2.75) is 39.2 Å². The first-order valence-electron chi connectivity index (χ1n) is 6.04. The summed E-state index contributed by atoms with van der Waals surface area (Å²) in [6.07, 6.45) is 4.34. The molecular formula is C11H19N5O2. The molecule has 1 unspecified atom stereocenters. The van der Waals surface area contributed by atoms with Crippen LogP contribution in [0.25, 0.3) is 0 Å². The number of hydrogen-bond acceptors (Lipinski definition) is 6. The Hall–Kier alpha value is -1.92. The van der Waals surface area contributed by atoms with Crippen LogP contribution in [-0.4, -0.2) is 28.0 Å². The van der Waals surface area contributed by atoms with Crippen LogP contribution < -0.4 is 10.6 Å². The number of rotatable bonds is 7. The van der Waals surface area contributed by atoms with Gasteiger partial charge in [-0.2, -0.15) is 4.98 Å². The third-order valence-corrected chi connectivity index (χ3v) is 2.56. The molecule has 0 saturated carbocycles. The first-order valence-corrected chi connectivity index (χ1v) is 6.04. The van der Waals surface area contributed by atoms with E-state index >= 15 is 0 Å². The summed E-state index contributed by atoms with van der Waals surface area (Å²) in [7, 11) is 1.67. The summed E-state index contributed by atoms with van der Waals surface area (Å²) in [4.78, 5) is 18.3. The van der Waals surface area contributed by atoms with Gasteiger partial charge in [0, 0.05) is 13.1 Å². The lowest BCUT2D eigenvalue weighted by Crippen LogP contribution is -2.17. The van der Waals surface area contributed by atoms with Crippen molar-refractivity contribution in [1.82, 2.24) is 9.97 Å². The largest absolute Gasteiger partial charge is 0.362 e. The number of unbranched alkanes of at least 4 members (excludes halogenated alkanes) is 1. The molecule has 0 aliphatic rings. The molecular weight excluding hydrogens is 234 g/mol. The summed E-state index contributed by atoms with van der Waals surface area (Å²) >= 11 is 0. The van der Waals surface area contributed by atoms with E-state index in [0.717, 1.165) is 19.3 Å². The lowest BCUT2D eigenvalue weighted by Gasteiger charge is -2.14. The molecule has 1 rings (SSSR count). The minimum Gasteiger partial charge on any atom is -0.362 e. The Morgan fingerprint density at radius 2 is 2.28 bits per heavy atom. The van der Waals surface area contributed by atoms with E-state index in [4.69, 9.17) is 0 Å². The molecule has 1 aromatic rings. The van der Waals surface area contributed by atoms with Crippen molar-refractivity contribution >= 4 is 17.5 Å². The Morgan fingerprint density at radius 3 is 2.83 bits per heavy atom. The van der Waals surface area contributed by atoms with E-state index in [1.165, 1.54) is 6.20 Å². The molecule has 0 saturated heterocycles. The molecule has 100 valence electrons. The molecule has 7 heteroatoms. The van der Waals surface area contributed by atoms with Crippen molar-refractivity contribution in [3.63, 3.8) is 0 Å². The van der Waals surface area contributed by atoms with Gasteiger partial charge in [-0.05, 0) is 13.3 Å². The van der Waals surface area contributed by atoms with Crippen LogP contribution in [0.2, 0.25) is 0 Å². The highest BCUT2D eigenvalue weighted by molar-refractivity contribution is 5.57. The van der Waals surface area contributed by atoms with Gasteiger partial charge in [0.1, 0.15) is 6.20 Å². The molecule has 0 radical (unpaired) electrons. The number of aromatic nitrogens is 2. The SMILES string of the molecule is CCCCC(C)Nc1nc(NC)ncc1[N+](=O)[O-]. The van der Waals surface area contributed by atoms with E-state index in [1.807, 2.05) is 6.92 Å². The quantitative estimate of drug-likeness (QED) is 0.572. The van der Waals surface area contributed by atoms with Gasteiger partial charge in [0.05, 0.1) is 4.92 Å². The molecule has 1 aromatic heterocycles. The van der Waals surface area contributed by atoms with Gasteiger partial charge < -0.3 is 10.6 Å². The highest BCUT2D eigenvalue weighted by atomic mass is 16.6. The summed E-state index contributed by atoms with van der Waals surface area (Å²) < 4.78 is 0. The molecule has 7 nitrogen and oxygen atoms in total. The van der Waals surface area contributed by atoms with E-state index in [2.05, 4.69) is 27.5 Å². The summed E-state index contributed by atoms with van der Waals surface area (Å²) in [6, 6.07) is 0.142. The van der Waals surface area contributed by atoms with Gasteiger partial charge in [-0.15, -0.1) is 0 Å². The fourth-order valence-corrected chi connectivity index (χ4v) is 1.55. The summed E-state index contributed by atoms with van der Waals surface area (Å²) in [5.41, 5.74) is -0.0997. The van der Waals surface area contributed by atoms with Crippen molar-refractivity contribution in [1.29, 1.82) is 0 Å². The highest BCUT2D eigenvalue weighted by Crippen LogP contribution is 2.23. The van der Waals surface area contributed by atoms with Gasteiger partial charge in [0.15, 0.2) is 0 Å². The molecule has 0 bridgehead atoms. The zero-order chi connectivity index (χ0) is 13.5. The zero-order valence-corrected chi connectivity index (χ0v) is 10.9. The Morgan fingerprint density at radius 1 is 1.56 bits per heavy atom. The van der Waals surface area contributed by atoms with E-state index in [-0.39, 0.29) is 17.5 Å². The molecule has 1 heterocycles. The summed E-state index contributed by atoms with van der Waals surface area (Å²) in [6.45, 7) is 4.10. The number of nitro groups is 1. The van der Waals surface area contributed by atoms with Crippen LogP contribution in [-0.2, 0) is 0 Å². The number of nitrogens with one attached hydrogen (secondary N) is 2. The van der Waals surface area contributed by atoms with Crippen LogP contribution in [0.3, 0.4) is 0 Å². The van der Waals surface area contributed by atoms with Crippen molar-refractivity contribution in [3.8, 4) is 0 Å². The number of anilines is 2. The second-order valence-electron chi connectivity index (χ2n) is 4.12. The van der Waals surface area contributed by atoms with Crippen LogP contribution in [0.1, 0.15) is 33.1 Å². The Balaban J connectivity index is 2.86. The minimum atomic E-state index is -0.478. The fraction of sp³-hybridized carbons (Fsp3) is 0.636. The molecule has 0 aliphatic heterocycles. The normalized spacial score (nSPS) is 11.9. The van der Waals surface area contributed by atoms with Gasteiger partial charge >= 0.3 is 5.69 Å². The summed E-state index contributed by atoms with van der Waals surface area (Å²) in [5, 5.41) is 16.7. The third kappa shape index (κ3) is 3.83. The first kappa shape index (κ1) is 14.1. The molecule has 0 fully saturated rings. The molecule has 2 N–H and O–H groups in total. The summed E-state index contributed by atoms with van der Waals surface area (Å²) in [5.74, 6) is 0.633. The van der Waals surface area contributed by atoms with Crippen LogP contribution >= 0.6 is 0 Å². The second-order valence-corrected chi connectivity index (χ2v) is 4.12. The Bertz CT molecular complexity index is 410. The van der Waals surface area contributed by atoms with Crippen LogP contribution in [0.4, 0.5) is 17.5 Å².